The van der Waals surface area contributed by atoms with Gasteiger partial charge in [0.25, 0.3) is 0 Å². The number of carbonyl (C=O) groups is 2. The normalized spacial score (nSPS) is 9.73. The van der Waals surface area contributed by atoms with Crippen LogP contribution in [0.15, 0.2) is 0 Å². The molecule has 0 aromatic heterocycles. The number of urea groups is 1. The molecule has 0 heterocycles. The fourth-order valence-electron chi connectivity index (χ4n) is 1.11. The lowest BCUT2D eigenvalue weighted by molar-refractivity contribution is -0.136. The number of carboxylic acids is 1. The number of hydrogen-bond acceptors (Lipinski definition) is 2. The highest BCUT2D eigenvalue weighted by atomic mass is 16.4. The van der Waals surface area contributed by atoms with E-state index in [0.717, 1.165) is 19.3 Å². The van der Waals surface area contributed by atoms with Gasteiger partial charge in [-0.3, -0.25) is 4.79 Å². The monoisotopic (exact) mass is 216 g/mol. The van der Waals surface area contributed by atoms with E-state index in [1.165, 1.54) is 0 Å². The zero-order valence-corrected chi connectivity index (χ0v) is 9.45. The van der Waals surface area contributed by atoms with Crippen LogP contribution in [0.5, 0.6) is 0 Å². The molecule has 88 valence electrons. The van der Waals surface area contributed by atoms with Crippen molar-refractivity contribution in [1.82, 2.24) is 10.2 Å². The van der Waals surface area contributed by atoms with Crippen molar-refractivity contribution in [3.8, 4) is 0 Å². The summed E-state index contributed by atoms with van der Waals surface area (Å²) < 4.78 is 0. The summed E-state index contributed by atoms with van der Waals surface area (Å²) in [4.78, 5) is 23.1. The van der Waals surface area contributed by atoms with E-state index in [2.05, 4.69) is 12.2 Å². The lowest BCUT2D eigenvalue weighted by Gasteiger charge is -2.17. The van der Waals surface area contributed by atoms with Crippen LogP contribution in [0.2, 0.25) is 0 Å². The molecular formula is C10H20N2O3. The molecule has 0 bridgehead atoms. The summed E-state index contributed by atoms with van der Waals surface area (Å²) in [5.41, 5.74) is 0. The number of aliphatic carboxylic acids is 1. The Kier molecular flexibility index (Phi) is 7.40. The van der Waals surface area contributed by atoms with Crippen molar-refractivity contribution >= 4 is 12.0 Å². The third kappa shape index (κ3) is 7.78. The summed E-state index contributed by atoms with van der Waals surface area (Å²) in [6.45, 7) is 3.01. The largest absolute Gasteiger partial charge is 0.481 e. The van der Waals surface area contributed by atoms with Gasteiger partial charge in [0.15, 0.2) is 0 Å². The maximum Gasteiger partial charge on any atom is 0.317 e. The maximum atomic E-state index is 11.3. The SMILES string of the molecule is CCCCCN(C)C(=O)NCCC(=O)O. The second-order valence-electron chi connectivity index (χ2n) is 3.50. The summed E-state index contributed by atoms with van der Waals surface area (Å²) in [5, 5.41) is 10.9. The van der Waals surface area contributed by atoms with Crippen molar-refractivity contribution in [2.45, 2.75) is 32.6 Å². The van der Waals surface area contributed by atoms with Gasteiger partial charge in [-0.25, -0.2) is 4.79 Å². The van der Waals surface area contributed by atoms with Crippen molar-refractivity contribution < 1.29 is 14.7 Å². The zero-order chi connectivity index (χ0) is 11.7. The van der Waals surface area contributed by atoms with Gasteiger partial charge in [0.05, 0.1) is 6.42 Å². The Morgan fingerprint density at radius 1 is 1.33 bits per heavy atom. The molecule has 15 heavy (non-hydrogen) atoms. The number of carbonyl (C=O) groups excluding carboxylic acids is 1. The molecule has 0 fully saturated rings. The van der Waals surface area contributed by atoms with Crippen LogP contribution in [0.3, 0.4) is 0 Å². The van der Waals surface area contributed by atoms with E-state index >= 15 is 0 Å². The second-order valence-corrected chi connectivity index (χ2v) is 3.50. The highest BCUT2D eigenvalue weighted by Gasteiger charge is 2.07. The molecule has 0 saturated heterocycles. The molecule has 5 nitrogen and oxygen atoms in total. The first kappa shape index (κ1) is 13.7. The van der Waals surface area contributed by atoms with Crippen molar-refractivity contribution in [2.75, 3.05) is 20.1 Å². The van der Waals surface area contributed by atoms with E-state index in [1.807, 2.05) is 0 Å². The standard InChI is InChI=1S/C10H20N2O3/c1-3-4-5-8-12(2)10(15)11-7-6-9(13)14/h3-8H2,1-2H3,(H,11,15)(H,13,14). The van der Waals surface area contributed by atoms with Crippen LogP contribution in [-0.2, 0) is 4.79 Å². The number of unbranched alkanes of at least 4 members (excludes halogenated alkanes) is 2. The second kappa shape index (κ2) is 8.08. The Balaban J connectivity index is 3.55. The first-order chi connectivity index (χ1) is 7.07. The maximum absolute atomic E-state index is 11.3. The fourth-order valence-corrected chi connectivity index (χ4v) is 1.11. The van der Waals surface area contributed by atoms with E-state index < -0.39 is 5.97 Å². The smallest absolute Gasteiger partial charge is 0.317 e. The van der Waals surface area contributed by atoms with Crippen LogP contribution < -0.4 is 5.32 Å². The average Bonchev–Trinajstić information content (AvgIpc) is 2.17. The van der Waals surface area contributed by atoms with Crippen LogP contribution in [0.25, 0.3) is 0 Å². The minimum atomic E-state index is -0.899. The number of rotatable bonds is 7. The summed E-state index contributed by atoms with van der Waals surface area (Å²) in [6.07, 6.45) is 3.18. The van der Waals surface area contributed by atoms with Gasteiger partial charge < -0.3 is 15.3 Å². The van der Waals surface area contributed by atoms with Gasteiger partial charge in [0.1, 0.15) is 0 Å². The highest BCUT2D eigenvalue weighted by molar-refractivity contribution is 5.74. The number of hydrogen-bond donors (Lipinski definition) is 2. The Morgan fingerprint density at radius 3 is 2.53 bits per heavy atom. The Morgan fingerprint density at radius 2 is 2.00 bits per heavy atom. The van der Waals surface area contributed by atoms with Gasteiger partial charge in [-0.05, 0) is 6.42 Å². The molecule has 0 rings (SSSR count). The molecule has 0 atom stereocenters. The summed E-state index contributed by atoms with van der Waals surface area (Å²) in [6, 6.07) is -0.202. The molecule has 2 N–H and O–H groups in total. The van der Waals surface area contributed by atoms with Gasteiger partial charge in [0.2, 0.25) is 0 Å². The minimum absolute atomic E-state index is 0.0332. The van der Waals surface area contributed by atoms with Crippen LogP contribution in [0, 0.1) is 0 Å². The number of nitrogens with one attached hydrogen (secondary N) is 1. The molecule has 0 aliphatic carbocycles. The first-order valence-corrected chi connectivity index (χ1v) is 5.28. The number of carboxylic acid groups (broad SMARTS) is 1. The van der Waals surface area contributed by atoms with E-state index in [9.17, 15) is 9.59 Å². The molecule has 0 aromatic rings. The Labute approximate surface area is 90.5 Å². The van der Waals surface area contributed by atoms with Gasteiger partial charge >= 0.3 is 12.0 Å². The Bertz CT molecular complexity index is 207. The highest BCUT2D eigenvalue weighted by Crippen LogP contribution is 1.96. The van der Waals surface area contributed by atoms with Crippen LogP contribution in [0.1, 0.15) is 32.6 Å². The molecule has 0 radical (unpaired) electrons. The topological polar surface area (TPSA) is 69.6 Å². The van der Waals surface area contributed by atoms with Crippen molar-refractivity contribution in [2.24, 2.45) is 0 Å². The molecule has 2 amide bonds. The summed E-state index contributed by atoms with van der Waals surface area (Å²) in [7, 11) is 1.71. The van der Waals surface area contributed by atoms with Gasteiger partial charge in [0, 0.05) is 20.1 Å². The lowest BCUT2D eigenvalue weighted by atomic mass is 10.2. The molecule has 0 aromatic carbocycles. The van der Waals surface area contributed by atoms with Crippen LogP contribution >= 0.6 is 0 Å². The van der Waals surface area contributed by atoms with E-state index in [1.54, 1.807) is 11.9 Å². The lowest BCUT2D eigenvalue weighted by Crippen LogP contribution is -2.38. The third-order valence-electron chi connectivity index (χ3n) is 2.06. The van der Waals surface area contributed by atoms with E-state index in [4.69, 9.17) is 5.11 Å². The fraction of sp³-hybridized carbons (Fsp3) is 0.800. The Hall–Kier alpha value is -1.26. The van der Waals surface area contributed by atoms with Crippen LogP contribution in [-0.4, -0.2) is 42.1 Å². The number of nitrogens with zero attached hydrogens (tertiary/aromatic N) is 1. The predicted octanol–water partition coefficient (Wildman–Crippen LogP) is 1.29. The summed E-state index contributed by atoms with van der Waals surface area (Å²) in [5.74, 6) is -0.899. The van der Waals surface area contributed by atoms with Gasteiger partial charge in [-0.1, -0.05) is 19.8 Å². The molecule has 0 saturated carbocycles. The average molecular weight is 216 g/mol. The quantitative estimate of drug-likeness (QED) is 0.630. The predicted molar refractivity (Wildman–Crippen MR) is 57.8 cm³/mol. The molecule has 0 spiro atoms. The molecule has 0 aliphatic rings. The van der Waals surface area contributed by atoms with E-state index in [-0.39, 0.29) is 19.0 Å². The third-order valence-corrected chi connectivity index (χ3v) is 2.06. The number of amides is 2. The zero-order valence-electron chi connectivity index (χ0n) is 9.45. The first-order valence-electron chi connectivity index (χ1n) is 5.28. The molecular weight excluding hydrogens is 196 g/mol. The van der Waals surface area contributed by atoms with Crippen LogP contribution in [0.4, 0.5) is 4.79 Å². The van der Waals surface area contributed by atoms with Crippen molar-refractivity contribution in [1.29, 1.82) is 0 Å². The van der Waals surface area contributed by atoms with Gasteiger partial charge in [-0.15, -0.1) is 0 Å². The molecule has 0 aliphatic heterocycles. The summed E-state index contributed by atoms with van der Waals surface area (Å²) >= 11 is 0. The van der Waals surface area contributed by atoms with Gasteiger partial charge in [-0.2, -0.15) is 0 Å². The van der Waals surface area contributed by atoms with Crippen molar-refractivity contribution in [3.05, 3.63) is 0 Å². The minimum Gasteiger partial charge on any atom is -0.481 e. The van der Waals surface area contributed by atoms with Crippen molar-refractivity contribution in [3.63, 3.8) is 0 Å². The molecule has 5 heteroatoms. The molecule has 0 unspecified atom stereocenters. The van der Waals surface area contributed by atoms with E-state index in [0.29, 0.717) is 6.54 Å².